The molecule has 1 heterocycles. The number of hydrogen-bond donors (Lipinski definition) is 1. The number of benzene rings is 2. The van der Waals surface area contributed by atoms with Crippen molar-refractivity contribution in [3.05, 3.63) is 69.7 Å². The molecular weight excluding hydrogens is 432 g/mol. The van der Waals surface area contributed by atoms with Crippen LogP contribution in [0.5, 0.6) is 0 Å². The summed E-state index contributed by atoms with van der Waals surface area (Å²) in [5.41, 5.74) is 4.64. The molecule has 0 saturated carbocycles. The fraction of sp³-hybridized carbons (Fsp3) is 0.458. The van der Waals surface area contributed by atoms with Gasteiger partial charge in [-0.1, -0.05) is 41.9 Å². The normalized spacial score (nSPS) is 18.5. The minimum absolute atomic E-state index is 0.0138. The summed E-state index contributed by atoms with van der Waals surface area (Å²) in [7, 11) is -3.43. The van der Waals surface area contributed by atoms with Gasteiger partial charge in [-0.05, 0) is 73.4 Å². The maximum absolute atomic E-state index is 12.8. The summed E-state index contributed by atoms with van der Waals surface area (Å²) in [4.78, 5) is 12.8. The lowest BCUT2D eigenvalue weighted by molar-refractivity contribution is -0.126. The summed E-state index contributed by atoms with van der Waals surface area (Å²) in [6.45, 7) is 2.75. The number of nitrogens with one attached hydrogen (secondary N) is 1. The standard InChI is InChI=1S/C24H29ClN2O3S/c1-17(21-9-8-19-5-3-6-22(19)15-21)26-24(28)20-10-12-27(13-11-20)31(29,30)16-18-4-2-7-23(25)14-18/h2,4,7-9,14-15,17,20H,3,5-6,10-13,16H2,1H3,(H,26,28)/t17-/m1/s1. The van der Waals surface area contributed by atoms with Gasteiger partial charge in [0.15, 0.2) is 0 Å². The summed E-state index contributed by atoms with van der Waals surface area (Å²) < 4.78 is 27.1. The van der Waals surface area contributed by atoms with Crippen molar-refractivity contribution in [1.29, 1.82) is 0 Å². The van der Waals surface area contributed by atoms with Gasteiger partial charge in [-0.3, -0.25) is 4.79 Å². The fourth-order valence-corrected chi connectivity index (χ4v) is 6.36. The molecule has 1 fully saturated rings. The molecule has 1 saturated heterocycles. The van der Waals surface area contributed by atoms with Gasteiger partial charge in [-0.25, -0.2) is 12.7 Å². The third-order valence-electron chi connectivity index (χ3n) is 6.44. The SMILES string of the molecule is C[C@@H](NC(=O)C1CCN(S(=O)(=O)Cc2cccc(Cl)c2)CC1)c1ccc2c(c1)CCC2. The molecule has 5 nitrogen and oxygen atoms in total. The van der Waals surface area contributed by atoms with E-state index in [2.05, 4.69) is 23.5 Å². The molecule has 4 rings (SSSR count). The Labute approximate surface area is 189 Å². The molecule has 1 aliphatic carbocycles. The van der Waals surface area contributed by atoms with Crippen LogP contribution in [0, 0.1) is 5.92 Å². The number of aryl methyl sites for hydroxylation is 2. The largest absolute Gasteiger partial charge is 0.349 e. The first-order valence-electron chi connectivity index (χ1n) is 11.0. The molecule has 0 radical (unpaired) electrons. The first kappa shape index (κ1) is 22.3. The van der Waals surface area contributed by atoms with E-state index in [9.17, 15) is 13.2 Å². The van der Waals surface area contributed by atoms with Gasteiger partial charge in [0, 0.05) is 24.0 Å². The second-order valence-electron chi connectivity index (χ2n) is 8.67. The van der Waals surface area contributed by atoms with Gasteiger partial charge in [-0.2, -0.15) is 0 Å². The lowest BCUT2D eigenvalue weighted by Crippen LogP contribution is -2.43. The van der Waals surface area contributed by atoms with E-state index in [4.69, 9.17) is 11.6 Å². The Morgan fingerprint density at radius 2 is 1.87 bits per heavy atom. The molecule has 0 unspecified atom stereocenters. The zero-order valence-electron chi connectivity index (χ0n) is 17.8. The van der Waals surface area contributed by atoms with Crippen molar-refractivity contribution in [2.24, 2.45) is 5.92 Å². The second-order valence-corrected chi connectivity index (χ2v) is 11.1. The van der Waals surface area contributed by atoms with Crippen molar-refractivity contribution in [3.8, 4) is 0 Å². The van der Waals surface area contributed by atoms with E-state index >= 15 is 0 Å². The summed E-state index contributed by atoms with van der Waals surface area (Å²) >= 11 is 5.97. The third-order valence-corrected chi connectivity index (χ3v) is 8.52. The summed E-state index contributed by atoms with van der Waals surface area (Å²) in [5.74, 6) is -0.214. The third kappa shape index (κ3) is 5.30. The number of fused-ring (bicyclic) bond motifs is 1. The predicted octanol–water partition coefficient (Wildman–Crippen LogP) is 4.25. The zero-order chi connectivity index (χ0) is 22.0. The highest BCUT2D eigenvalue weighted by atomic mass is 35.5. The van der Waals surface area contributed by atoms with Crippen molar-refractivity contribution in [2.75, 3.05) is 13.1 Å². The van der Waals surface area contributed by atoms with E-state index in [1.54, 1.807) is 24.3 Å². The Morgan fingerprint density at radius 3 is 2.61 bits per heavy atom. The first-order chi connectivity index (χ1) is 14.8. The average molecular weight is 461 g/mol. The maximum atomic E-state index is 12.8. The number of sulfonamides is 1. The molecule has 1 amide bonds. The van der Waals surface area contributed by atoms with Gasteiger partial charge in [-0.15, -0.1) is 0 Å². The van der Waals surface area contributed by atoms with Gasteiger partial charge in [0.25, 0.3) is 0 Å². The van der Waals surface area contributed by atoms with Crippen LogP contribution in [0.4, 0.5) is 0 Å². The van der Waals surface area contributed by atoms with Crippen LogP contribution in [0.1, 0.15) is 54.5 Å². The number of nitrogens with zero attached hydrogens (tertiary/aromatic N) is 1. The molecule has 7 heteroatoms. The summed E-state index contributed by atoms with van der Waals surface area (Å²) in [6.07, 6.45) is 4.55. The fourth-order valence-electron chi connectivity index (χ4n) is 4.60. The van der Waals surface area contributed by atoms with Crippen LogP contribution in [0.2, 0.25) is 5.02 Å². The van der Waals surface area contributed by atoms with Crippen LogP contribution in [0.15, 0.2) is 42.5 Å². The number of rotatable bonds is 6. The molecule has 0 aromatic heterocycles. The number of carbonyl (C=O) groups is 1. The van der Waals surface area contributed by atoms with Gasteiger partial charge in [0.2, 0.25) is 15.9 Å². The molecule has 2 aliphatic rings. The molecule has 1 N–H and O–H groups in total. The van der Waals surface area contributed by atoms with E-state index in [1.807, 2.05) is 6.92 Å². The van der Waals surface area contributed by atoms with E-state index in [-0.39, 0.29) is 23.6 Å². The highest BCUT2D eigenvalue weighted by Crippen LogP contribution is 2.27. The Kier molecular flexibility index (Phi) is 6.70. The molecule has 0 bridgehead atoms. The van der Waals surface area contributed by atoms with Crippen LogP contribution in [-0.4, -0.2) is 31.7 Å². The van der Waals surface area contributed by atoms with Crippen molar-refractivity contribution in [1.82, 2.24) is 9.62 Å². The second kappa shape index (κ2) is 9.31. The van der Waals surface area contributed by atoms with E-state index < -0.39 is 10.0 Å². The van der Waals surface area contributed by atoms with Gasteiger partial charge < -0.3 is 5.32 Å². The number of hydrogen-bond acceptors (Lipinski definition) is 3. The van der Waals surface area contributed by atoms with Crippen molar-refractivity contribution >= 4 is 27.5 Å². The molecule has 2 aromatic rings. The highest BCUT2D eigenvalue weighted by molar-refractivity contribution is 7.88. The molecule has 166 valence electrons. The molecular formula is C24H29ClN2O3S. The van der Waals surface area contributed by atoms with Crippen molar-refractivity contribution in [2.45, 2.75) is 50.8 Å². The Hall–Kier alpha value is -1.89. The molecule has 0 spiro atoms. The van der Waals surface area contributed by atoms with Crippen LogP contribution < -0.4 is 5.32 Å². The van der Waals surface area contributed by atoms with Crippen LogP contribution >= 0.6 is 11.6 Å². The van der Waals surface area contributed by atoms with Gasteiger partial charge >= 0.3 is 0 Å². The quantitative estimate of drug-likeness (QED) is 0.700. The predicted molar refractivity (Wildman–Crippen MR) is 123 cm³/mol. The Balaban J connectivity index is 1.31. The van der Waals surface area contributed by atoms with Crippen LogP contribution in [0.3, 0.4) is 0 Å². The topological polar surface area (TPSA) is 66.5 Å². The van der Waals surface area contributed by atoms with Crippen LogP contribution in [-0.2, 0) is 33.4 Å². The summed E-state index contributed by atoms with van der Waals surface area (Å²) in [6, 6.07) is 13.4. The zero-order valence-corrected chi connectivity index (χ0v) is 19.4. The number of piperidine rings is 1. The smallest absolute Gasteiger partial charge is 0.223 e. The van der Waals surface area contributed by atoms with E-state index in [0.29, 0.717) is 36.5 Å². The maximum Gasteiger partial charge on any atom is 0.223 e. The van der Waals surface area contributed by atoms with Crippen molar-refractivity contribution in [3.63, 3.8) is 0 Å². The molecule has 31 heavy (non-hydrogen) atoms. The number of carbonyl (C=O) groups excluding carboxylic acids is 1. The lowest BCUT2D eigenvalue weighted by Gasteiger charge is -2.31. The average Bonchev–Trinajstić information content (AvgIpc) is 3.21. The first-order valence-corrected chi connectivity index (χ1v) is 12.9. The monoisotopic (exact) mass is 460 g/mol. The number of halogens is 1. The van der Waals surface area contributed by atoms with Crippen molar-refractivity contribution < 1.29 is 13.2 Å². The Morgan fingerprint density at radius 1 is 1.13 bits per heavy atom. The Bertz CT molecular complexity index is 1060. The summed E-state index contributed by atoms with van der Waals surface area (Å²) in [5, 5.41) is 3.66. The van der Waals surface area contributed by atoms with Gasteiger partial charge in [0.05, 0.1) is 11.8 Å². The number of amides is 1. The van der Waals surface area contributed by atoms with E-state index in [1.165, 1.54) is 21.9 Å². The highest BCUT2D eigenvalue weighted by Gasteiger charge is 2.31. The molecule has 1 aliphatic heterocycles. The minimum atomic E-state index is -3.43. The van der Waals surface area contributed by atoms with Crippen LogP contribution in [0.25, 0.3) is 0 Å². The lowest BCUT2D eigenvalue weighted by atomic mass is 9.96. The minimum Gasteiger partial charge on any atom is -0.349 e. The molecule has 1 atom stereocenters. The van der Waals surface area contributed by atoms with E-state index in [0.717, 1.165) is 18.4 Å². The molecule has 2 aromatic carbocycles. The van der Waals surface area contributed by atoms with Gasteiger partial charge in [0.1, 0.15) is 0 Å².